The Labute approximate surface area is 126 Å². The number of oxazole rings is 1. The molecule has 1 atom stereocenters. The molecule has 21 heavy (non-hydrogen) atoms. The van der Waals surface area contributed by atoms with Crippen molar-refractivity contribution >= 4 is 28.4 Å². The third kappa shape index (κ3) is 2.78. The van der Waals surface area contributed by atoms with Crippen LogP contribution in [0.3, 0.4) is 0 Å². The summed E-state index contributed by atoms with van der Waals surface area (Å²) in [4.78, 5) is 19.5. The molecular formula is C15H14ClN3O2. The fourth-order valence-corrected chi connectivity index (χ4v) is 2.33. The second kappa shape index (κ2) is 5.26. The molecule has 1 unspecified atom stereocenters. The van der Waals surface area contributed by atoms with E-state index in [1.165, 1.54) is 0 Å². The van der Waals surface area contributed by atoms with E-state index in [0.717, 1.165) is 10.9 Å². The zero-order valence-electron chi connectivity index (χ0n) is 11.6. The summed E-state index contributed by atoms with van der Waals surface area (Å²) in [5.74, 6) is 0.377. The minimum absolute atomic E-state index is 0.199. The van der Waals surface area contributed by atoms with Gasteiger partial charge in [-0.1, -0.05) is 11.6 Å². The summed E-state index contributed by atoms with van der Waals surface area (Å²) in [5.41, 5.74) is 2.05. The summed E-state index contributed by atoms with van der Waals surface area (Å²) in [6.45, 7) is 3.62. The number of benzene rings is 1. The van der Waals surface area contributed by atoms with Crippen molar-refractivity contribution in [2.24, 2.45) is 0 Å². The third-order valence-electron chi connectivity index (χ3n) is 3.26. The molecule has 5 nitrogen and oxygen atoms in total. The molecule has 0 aliphatic carbocycles. The number of carbonyl (C=O) groups is 1. The van der Waals surface area contributed by atoms with Crippen molar-refractivity contribution in [1.29, 1.82) is 0 Å². The Balaban J connectivity index is 1.80. The highest BCUT2D eigenvalue weighted by Gasteiger charge is 2.16. The first-order valence-electron chi connectivity index (χ1n) is 6.54. The lowest BCUT2D eigenvalue weighted by Gasteiger charge is -2.09. The van der Waals surface area contributed by atoms with Gasteiger partial charge in [0.15, 0.2) is 5.89 Å². The van der Waals surface area contributed by atoms with E-state index in [4.69, 9.17) is 16.0 Å². The van der Waals surface area contributed by atoms with Gasteiger partial charge >= 0.3 is 0 Å². The van der Waals surface area contributed by atoms with E-state index in [2.05, 4.69) is 15.3 Å². The van der Waals surface area contributed by atoms with E-state index >= 15 is 0 Å². The van der Waals surface area contributed by atoms with Crippen LogP contribution in [0.2, 0.25) is 5.02 Å². The zero-order valence-corrected chi connectivity index (χ0v) is 12.4. The normalized spacial score (nSPS) is 12.5. The summed E-state index contributed by atoms with van der Waals surface area (Å²) in [6.07, 6.45) is 1.55. The predicted octanol–water partition coefficient (Wildman–Crippen LogP) is 3.61. The number of aromatic amines is 1. The average Bonchev–Trinajstić information content (AvgIpc) is 3.04. The molecular weight excluding hydrogens is 290 g/mol. The topological polar surface area (TPSA) is 70.9 Å². The number of hydrogen-bond donors (Lipinski definition) is 2. The third-order valence-corrected chi connectivity index (χ3v) is 3.49. The van der Waals surface area contributed by atoms with E-state index in [1.54, 1.807) is 25.3 Å². The molecule has 3 rings (SSSR count). The summed E-state index contributed by atoms with van der Waals surface area (Å²) >= 11 is 5.94. The number of rotatable bonds is 3. The van der Waals surface area contributed by atoms with Crippen LogP contribution in [0.1, 0.15) is 35.0 Å². The molecule has 0 spiro atoms. The molecule has 0 saturated heterocycles. The number of hydrogen-bond acceptors (Lipinski definition) is 3. The predicted molar refractivity (Wildman–Crippen MR) is 80.4 cm³/mol. The lowest BCUT2D eigenvalue weighted by atomic mass is 10.2. The number of fused-ring (bicyclic) bond motifs is 1. The molecule has 0 bridgehead atoms. The lowest BCUT2D eigenvalue weighted by Crippen LogP contribution is -2.27. The minimum atomic E-state index is -0.232. The first kappa shape index (κ1) is 13.7. The lowest BCUT2D eigenvalue weighted by molar-refractivity contribution is 0.0935. The van der Waals surface area contributed by atoms with Gasteiger partial charge in [0.05, 0.1) is 6.04 Å². The quantitative estimate of drug-likeness (QED) is 0.776. The molecule has 6 heteroatoms. The summed E-state index contributed by atoms with van der Waals surface area (Å²) in [5, 5.41) is 4.42. The highest BCUT2D eigenvalue weighted by Crippen LogP contribution is 2.20. The van der Waals surface area contributed by atoms with Gasteiger partial charge in [0, 0.05) is 22.8 Å². The summed E-state index contributed by atoms with van der Waals surface area (Å²) < 4.78 is 5.15. The molecule has 2 heterocycles. The average molecular weight is 304 g/mol. The van der Waals surface area contributed by atoms with Gasteiger partial charge < -0.3 is 14.7 Å². The van der Waals surface area contributed by atoms with Crippen molar-refractivity contribution < 1.29 is 9.21 Å². The number of halogens is 1. The van der Waals surface area contributed by atoms with E-state index < -0.39 is 0 Å². The van der Waals surface area contributed by atoms with Crippen LogP contribution in [0, 0.1) is 6.92 Å². The maximum atomic E-state index is 12.3. The van der Waals surface area contributed by atoms with Gasteiger partial charge in [-0.15, -0.1) is 0 Å². The first-order chi connectivity index (χ1) is 10.0. The molecule has 1 aromatic carbocycles. The standard InChI is InChI=1S/C15H14ClN3O2/c1-8(14-7-21-9(2)18-14)17-15(20)13-6-10-5-11(16)3-4-12(10)19-13/h3-8,19H,1-2H3,(H,17,20). The summed E-state index contributed by atoms with van der Waals surface area (Å²) in [6, 6.07) is 6.98. The van der Waals surface area contributed by atoms with E-state index in [9.17, 15) is 4.79 Å². The molecule has 2 aromatic heterocycles. The van der Waals surface area contributed by atoms with Crippen LogP contribution < -0.4 is 5.32 Å². The van der Waals surface area contributed by atoms with Crippen molar-refractivity contribution in [1.82, 2.24) is 15.3 Å². The Morgan fingerprint density at radius 1 is 1.43 bits per heavy atom. The molecule has 1 amide bonds. The van der Waals surface area contributed by atoms with E-state index in [0.29, 0.717) is 22.3 Å². The van der Waals surface area contributed by atoms with Gasteiger partial charge in [0.1, 0.15) is 17.7 Å². The van der Waals surface area contributed by atoms with Gasteiger partial charge in [-0.25, -0.2) is 4.98 Å². The molecule has 0 aliphatic heterocycles. The second-order valence-corrected chi connectivity index (χ2v) is 5.34. The van der Waals surface area contributed by atoms with E-state index in [1.807, 2.05) is 19.1 Å². The molecule has 0 radical (unpaired) electrons. The largest absolute Gasteiger partial charge is 0.449 e. The van der Waals surface area contributed by atoms with E-state index in [-0.39, 0.29) is 11.9 Å². The number of nitrogens with one attached hydrogen (secondary N) is 2. The Hall–Kier alpha value is -2.27. The monoisotopic (exact) mass is 303 g/mol. The van der Waals surface area contributed by atoms with Gasteiger partial charge in [0.25, 0.3) is 5.91 Å². The van der Waals surface area contributed by atoms with Crippen molar-refractivity contribution in [3.63, 3.8) is 0 Å². The maximum absolute atomic E-state index is 12.3. The van der Waals surface area contributed by atoms with Gasteiger partial charge in [-0.2, -0.15) is 0 Å². The smallest absolute Gasteiger partial charge is 0.268 e. The van der Waals surface area contributed by atoms with Crippen molar-refractivity contribution in [2.75, 3.05) is 0 Å². The number of H-pyrrole nitrogens is 1. The Kier molecular flexibility index (Phi) is 3.43. The molecule has 0 saturated carbocycles. The Morgan fingerprint density at radius 2 is 2.24 bits per heavy atom. The van der Waals surface area contributed by atoms with Crippen LogP contribution in [0.15, 0.2) is 34.9 Å². The summed E-state index contributed by atoms with van der Waals surface area (Å²) in [7, 11) is 0. The fraction of sp³-hybridized carbons (Fsp3) is 0.200. The zero-order chi connectivity index (χ0) is 15.0. The maximum Gasteiger partial charge on any atom is 0.268 e. The van der Waals surface area contributed by atoms with Crippen LogP contribution in [0.25, 0.3) is 10.9 Å². The molecule has 0 aliphatic rings. The molecule has 108 valence electrons. The van der Waals surface area contributed by atoms with Gasteiger partial charge in [-0.3, -0.25) is 4.79 Å². The Morgan fingerprint density at radius 3 is 2.95 bits per heavy atom. The minimum Gasteiger partial charge on any atom is -0.449 e. The number of aryl methyl sites for hydroxylation is 1. The number of nitrogens with zero attached hydrogens (tertiary/aromatic N) is 1. The number of carbonyl (C=O) groups excluding carboxylic acids is 1. The van der Waals surface area contributed by atoms with Gasteiger partial charge in [0.2, 0.25) is 0 Å². The molecule has 2 N–H and O–H groups in total. The second-order valence-electron chi connectivity index (χ2n) is 4.90. The van der Waals surface area contributed by atoms with Crippen molar-refractivity contribution in [3.05, 3.63) is 52.8 Å². The van der Waals surface area contributed by atoms with Crippen molar-refractivity contribution in [2.45, 2.75) is 19.9 Å². The highest BCUT2D eigenvalue weighted by atomic mass is 35.5. The number of amides is 1. The fourth-order valence-electron chi connectivity index (χ4n) is 2.15. The van der Waals surface area contributed by atoms with Crippen LogP contribution in [-0.4, -0.2) is 15.9 Å². The van der Waals surface area contributed by atoms with Gasteiger partial charge in [-0.05, 0) is 31.2 Å². The van der Waals surface area contributed by atoms with Crippen molar-refractivity contribution in [3.8, 4) is 0 Å². The molecule has 0 fully saturated rings. The first-order valence-corrected chi connectivity index (χ1v) is 6.92. The highest BCUT2D eigenvalue weighted by molar-refractivity contribution is 6.31. The number of aromatic nitrogens is 2. The molecule has 3 aromatic rings. The Bertz CT molecular complexity index is 806. The SMILES string of the molecule is Cc1nc(C(C)NC(=O)c2cc3cc(Cl)ccc3[nH]2)co1. The van der Waals surface area contributed by atoms with Crippen LogP contribution >= 0.6 is 11.6 Å². The van der Waals surface area contributed by atoms with Crippen LogP contribution in [0.5, 0.6) is 0 Å². The van der Waals surface area contributed by atoms with Crippen LogP contribution in [-0.2, 0) is 0 Å². The van der Waals surface area contributed by atoms with Crippen LogP contribution in [0.4, 0.5) is 0 Å².